The van der Waals surface area contributed by atoms with E-state index in [0.29, 0.717) is 17.7 Å². The first-order chi connectivity index (χ1) is 7.13. The van der Waals surface area contributed by atoms with Crippen LogP contribution in [0.4, 0.5) is 10.2 Å². The lowest BCUT2D eigenvalue weighted by molar-refractivity contribution is 0.141. The molecule has 1 aromatic heterocycles. The zero-order valence-electron chi connectivity index (χ0n) is 8.76. The zero-order chi connectivity index (χ0) is 11.3. The second-order valence-electron chi connectivity index (χ2n) is 3.19. The predicted octanol–water partition coefficient (Wildman–Crippen LogP) is 2.82. The number of aromatic nitrogens is 1. The highest BCUT2D eigenvalue weighted by molar-refractivity contribution is 9.10. The van der Waals surface area contributed by atoms with Crippen LogP contribution in [0.5, 0.6) is 0 Å². The van der Waals surface area contributed by atoms with Crippen molar-refractivity contribution in [2.75, 3.05) is 18.5 Å². The Hall–Kier alpha value is -0.680. The summed E-state index contributed by atoms with van der Waals surface area (Å²) >= 11 is 3.15. The Morgan fingerprint density at radius 3 is 3.00 bits per heavy atom. The van der Waals surface area contributed by atoms with Crippen molar-refractivity contribution in [3.63, 3.8) is 0 Å². The van der Waals surface area contributed by atoms with Crippen LogP contribution in [-0.4, -0.2) is 24.2 Å². The summed E-state index contributed by atoms with van der Waals surface area (Å²) in [5.41, 5.74) is 0. The average Bonchev–Trinajstić information content (AvgIpc) is 2.19. The van der Waals surface area contributed by atoms with E-state index in [1.807, 2.05) is 13.8 Å². The first-order valence-electron chi connectivity index (χ1n) is 4.78. The van der Waals surface area contributed by atoms with Crippen molar-refractivity contribution in [3.05, 3.63) is 22.6 Å². The molecule has 0 aliphatic carbocycles. The van der Waals surface area contributed by atoms with Gasteiger partial charge in [0.2, 0.25) is 0 Å². The van der Waals surface area contributed by atoms with Crippen molar-refractivity contribution in [2.24, 2.45) is 0 Å². The van der Waals surface area contributed by atoms with E-state index in [4.69, 9.17) is 4.74 Å². The summed E-state index contributed by atoms with van der Waals surface area (Å²) in [7, 11) is 0. The summed E-state index contributed by atoms with van der Waals surface area (Å²) in [5.74, 6) is -0.113. The maximum Gasteiger partial charge on any atom is 0.166 e. The lowest BCUT2D eigenvalue weighted by Crippen LogP contribution is -2.22. The van der Waals surface area contributed by atoms with Crippen LogP contribution in [0, 0.1) is 5.82 Å². The second kappa shape index (κ2) is 6.02. The Labute approximate surface area is 97.2 Å². The minimum atomic E-state index is -0.368. The summed E-state index contributed by atoms with van der Waals surface area (Å²) in [6.45, 7) is 5.03. The van der Waals surface area contributed by atoms with Gasteiger partial charge >= 0.3 is 0 Å². The number of halogens is 2. The molecule has 0 radical (unpaired) electrons. The number of rotatable bonds is 5. The molecule has 0 aromatic carbocycles. The topological polar surface area (TPSA) is 34.1 Å². The van der Waals surface area contributed by atoms with Crippen LogP contribution in [0.2, 0.25) is 0 Å². The SMILES string of the molecule is CCOCC(C)Nc1ncc(Br)cc1F. The van der Waals surface area contributed by atoms with Crippen molar-refractivity contribution in [3.8, 4) is 0 Å². The molecule has 0 saturated heterocycles. The molecule has 5 heteroatoms. The van der Waals surface area contributed by atoms with Crippen LogP contribution in [-0.2, 0) is 4.74 Å². The van der Waals surface area contributed by atoms with E-state index in [1.165, 1.54) is 6.07 Å². The lowest BCUT2D eigenvalue weighted by Gasteiger charge is -2.14. The molecule has 0 amide bonds. The molecule has 0 saturated carbocycles. The van der Waals surface area contributed by atoms with E-state index in [1.54, 1.807) is 6.20 Å². The van der Waals surface area contributed by atoms with Gasteiger partial charge in [-0.3, -0.25) is 0 Å². The number of anilines is 1. The Bertz CT molecular complexity index is 322. The molecule has 0 fully saturated rings. The summed E-state index contributed by atoms with van der Waals surface area (Å²) < 4.78 is 19.2. The van der Waals surface area contributed by atoms with Crippen LogP contribution in [0.1, 0.15) is 13.8 Å². The highest BCUT2D eigenvalue weighted by Gasteiger charge is 2.07. The summed E-state index contributed by atoms with van der Waals surface area (Å²) in [6, 6.07) is 1.41. The molecule has 15 heavy (non-hydrogen) atoms. The van der Waals surface area contributed by atoms with E-state index in [-0.39, 0.29) is 17.7 Å². The van der Waals surface area contributed by atoms with Gasteiger partial charge in [0, 0.05) is 23.3 Å². The number of pyridine rings is 1. The lowest BCUT2D eigenvalue weighted by atomic mass is 10.3. The molecule has 1 N–H and O–H groups in total. The van der Waals surface area contributed by atoms with Gasteiger partial charge in [0.25, 0.3) is 0 Å². The number of ether oxygens (including phenoxy) is 1. The smallest absolute Gasteiger partial charge is 0.166 e. The molecule has 1 aromatic rings. The van der Waals surface area contributed by atoms with Gasteiger partial charge < -0.3 is 10.1 Å². The highest BCUT2D eigenvalue weighted by Crippen LogP contribution is 2.16. The van der Waals surface area contributed by atoms with Gasteiger partial charge in [0.15, 0.2) is 11.6 Å². The Morgan fingerprint density at radius 1 is 1.67 bits per heavy atom. The molecule has 1 rings (SSSR count). The number of hydrogen-bond donors (Lipinski definition) is 1. The van der Waals surface area contributed by atoms with Gasteiger partial charge in [0.05, 0.1) is 6.61 Å². The van der Waals surface area contributed by atoms with E-state index in [0.717, 1.165) is 0 Å². The van der Waals surface area contributed by atoms with E-state index in [9.17, 15) is 4.39 Å². The highest BCUT2D eigenvalue weighted by atomic mass is 79.9. The van der Waals surface area contributed by atoms with Gasteiger partial charge in [-0.1, -0.05) is 0 Å². The molecule has 0 aliphatic heterocycles. The molecule has 0 aliphatic rings. The van der Waals surface area contributed by atoms with Crippen LogP contribution in [0.25, 0.3) is 0 Å². The van der Waals surface area contributed by atoms with Crippen LogP contribution >= 0.6 is 15.9 Å². The fourth-order valence-corrected chi connectivity index (χ4v) is 1.39. The Morgan fingerprint density at radius 2 is 2.40 bits per heavy atom. The fourth-order valence-electron chi connectivity index (χ4n) is 1.09. The molecule has 0 bridgehead atoms. The molecular weight excluding hydrogens is 263 g/mol. The third kappa shape index (κ3) is 4.13. The van der Waals surface area contributed by atoms with Crippen LogP contribution in [0.3, 0.4) is 0 Å². The first kappa shape index (κ1) is 12.4. The van der Waals surface area contributed by atoms with Crippen LogP contribution in [0.15, 0.2) is 16.7 Å². The third-order valence-corrected chi connectivity index (χ3v) is 2.20. The van der Waals surface area contributed by atoms with E-state index >= 15 is 0 Å². The summed E-state index contributed by atoms with van der Waals surface area (Å²) in [4.78, 5) is 3.94. The fraction of sp³-hybridized carbons (Fsp3) is 0.500. The standard InChI is InChI=1S/C10H14BrFN2O/c1-3-15-6-7(2)14-10-9(12)4-8(11)5-13-10/h4-5,7H,3,6H2,1-2H3,(H,13,14). The molecule has 1 unspecified atom stereocenters. The average molecular weight is 277 g/mol. The summed E-state index contributed by atoms with van der Waals surface area (Å²) in [6.07, 6.45) is 1.55. The van der Waals surface area contributed by atoms with E-state index < -0.39 is 0 Å². The molecular formula is C10H14BrFN2O. The number of nitrogens with one attached hydrogen (secondary N) is 1. The first-order valence-corrected chi connectivity index (χ1v) is 5.58. The van der Waals surface area contributed by atoms with Crippen molar-refractivity contribution in [1.29, 1.82) is 0 Å². The van der Waals surface area contributed by atoms with E-state index in [2.05, 4.69) is 26.2 Å². The largest absolute Gasteiger partial charge is 0.380 e. The molecule has 1 atom stereocenters. The van der Waals surface area contributed by atoms with Gasteiger partial charge in [-0.15, -0.1) is 0 Å². The Balaban J connectivity index is 2.56. The normalized spacial score (nSPS) is 12.5. The van der Waals surface area contributed by atoms with Crippen LogP contribution < -0.4 is 5.32 Å². The minimum absolute atomic E-state index is 0.0353. The van der Waals surface area contributed by atoms with Gasteiger partial charge in [-0.25, -0.2) is 9.37 Å². The van der Waals surface area contributed by atoms with Crippen molar-refractivity contribution in [2.45, 2.75) is 19.9 Å². The molecule has 0 spiro atoms. The summed E-state index contributed by atoms with van der Waals surface area (Å²) in [5, 5.41) is 2.94. The van der Waals surface area contributed by atoms with Gasteiger partial charge in [-0.05, 0) is 35.8 Å². The zero-order valence-corrected chi connectivity index (χ0v) is 10.3. The maximum absolute atomic E-state index is 13.3. The number of hydrogen-bond acceptors (Lipinski definition) is 3. The molecule has 1 heterocycles. The second-order valence-corrected chi connectivity index (χ2v) is 4.10. The quantitative estimate of drug-likeness (QED) is 0.898. The Kier molecular flexibility index (Phi) is 4.98. The number of nitrogens with zero attached hydrogens (tertiary/aromatic N) is 1. The van der Waals surface area contributed by atoms with Crippen molar-refractivity contribution in [1.82, 2.24) is 4.98 Å². The van der Waals surface area contributed by atoms with Gasteiger partial charge in [0.1, 0.15) is 0 Å². The monoisotopic (exact) mass is 276 g/mol. The molecule has 84 valence electrons. The van der Waals surface area contributed by atoms with Gasteiger partial charge in [-0.2, -0.15) is 0 Å². The minimum Gasteiger partial charge on any atom is -0.380 e. The maximum atomic E-state index is 13.3. The van der Waals surface area contributed by atoms with Crippen molar-refractivity contribution >= 4 is 21.7 Å². The molecule has 3 nitrogen and oxygen atoms in total. The van der Waals surface area contributed by atoms with Crippen molar-refractivity contribution < 1.29 is 9.13 Å². The third-order valence-electron chi connectivity index (χ3n) is 1.76. The predicted molar refractivity (Wildman–Crippen MR) is 61.5 cm³/mol.